The first-order valence-electron chi connectivity index (χ1n) is 7.16. The molecule has 1 aromatic carbocycles. The first kappa shape index (κ1) is 14.7. The highest BCUT2D eigenvalue weighted by atomic mass is 19.1. The van der Waals surface area contributed by atoms with Crippen LogP contribution >= 0.6 is 0 Å². The van der Waals surface area contributed by atoms with Crippen molar-refractivity contribution in [1.29, 1.82) is 5.26 Å². The Labute approximate surface area is 118 Å². The van der Waals surface area contributed by atoms with Crippen LogP contribution in [0.2, 0.25) is 0 Å². The summed E-state index contributed by atoms with van der Waals surface area (Å²) in [6.07, 6.45) is 8.72. The van der Waals surface area contributed by atoms with Gasteiger partial charge in [0.25, 0.3) is 0 Å². The molecular formula is C17H19F2N. The number of alkyl halides is 1. The minimum atomic E-state index is -0.421. The number of benzene rings is 1. The molecule has 106 valence electrons. The van der Waals surface area contributed by atoms with E-state index >= 15 is 0 Å². The van der Waals surface area contributed by atoms with Gasteiger partial charge >= 0.3 is 0 Å². The third kappa shape index (κ3) is 3.66. The monoisotopic (exact) mass is 275 g/mol. The van der Waals surface area contributed by atoms with E-state index in [4.69, 9.17) is 5.26 Å². The van der Waals surface area contributed by atoms with Crippen LogP contribution in [0.1, 0.15) is 49.1 Å². The lowest BCUT2D eigenvalue weighted by Crippen LogP contribution is -2.12. The highest BCUT2D eigenvalue weighted by Crippen LogP contribution is 2.36. The summed E-state index contributed by atoms with van der Waals surface area (Å²) in [7, 11) is 0. The van der Waals surface area contributed by atoms with Crippen molar-refractivity contribution < 1.29 is 8.78 Å². The SMILES string of the molecule is N#Cc1ccc([C@H]2CC[C@H](/C=C/CCF)CC2)cc1F. The number of nitrogens with zero attached hydrogens (tertiary/aromatic N) is 1. The predicted octanol–water partition coefficient (Wildman–Crippen LogP) is 4.89. The molecule has 0 saturated heterocycles. The van der Waals surface area contributed by atoms with Crippen molar-refractivity contribution in [3.8, 4) is 6.07 Å². The van der Waals surface area contributed by atoms with E-state index in [-0.39, 0.29) is 12.2 Å². The van der Waals surface area contributed by atoms with Crippen molar-refractivity contribution in [1.82, 2.24) is 0 Å². The Kier molecular flexibility index (Phi) is 5.29. The van der Waals surface area contributed by atoms with Crippen molar-refractivity contribution in [2.75, 3.05) is 6.67 Å². The minimum Gasteiger partial charge on any atom is -0.251 e. The van der Waals surface area contributed by atoms with Gasteiger partial charge in [0.1, 0.15) is 11.9 Å². The van der Waals surface area contributed by atoms with Gasteiger partial charge in [-0.25, -0.2) is 4.39 Å². The average molecular weight is 275 g/mol. The Morgan fingerprint density at radius 2 is 2.00 bits per heavy atom. The molecule has 0 bridgehead atoms. The zero-order valence-corrected chi connectivity index (χ0v) is 11.5. The third-order valence-electron chi connectivity index (χ3n) is 4.04. The molecule has 0 atom stereocenters. The molecule has 1 saturated carbocycles. The summed E-state index contributed by atoms with van der Waals surface area (Å²) in [4.78, 5) is 0. The molecule has 1 aromatic rings. The van der Waals surface area contributed by atoms with Crippen LogP contribution in [0.5, 0.6) is 0 Å². The summed E-state index contributed by atoms with van der Waals surface area (Å²) in [5, 5.41) is 8.73. The fourth-order valence-corrected chi connectivity index (χ4v) is 2.87. The fourth-order valence-electron chi connectivity index (χ4n) is 2.87. The smallest absolute Gasteiger partial charge is 0.141 e. The number of rotatable bonds is 4. The maximum Gasteiger partial charge on any atom is 0.141 e. The summed E-state index contributed by atoms with van der Waals surface area (Å²) >= 11 is 0. The Morgan fingerprint density at radius 1 is 1.25 bits per heavy atom. The van der Waals surface area contributed by atoms with E-state index in [0.29, 0.717) is 18.3 Å². The van der Waals surface area contributed by atoms with Gasteiger partial charge in [0.05, 0.1) is 12.2 Å². The van der Waals surface area contributed by atoms with Gasteiger partial charge in [-0.3, -0.25) is 4.39 Å². The van der Waals surface area contributed by atoms with Gasteiger partial charge in [0.2, 0.25) is 0 Å². The largest absolute Gasteiger partial charge is 0.251 e. The van der Waals surface area contributed by atoms with E-state index in [0.717, 1.165) is 31.2 Å². The number of hydrogen-bond acceptors (Lipinski definition) is 1. The summed E-state index contributed by atoms with van der Waals surface area (Å²) in [5.74, 6) is 0.485. The molecule has 0 amide bonds. The van der Waals surface area contributed by atoms with Crippen molar-refractivity contribution in [3.05, 3.63) is 47.3 Å². The van der Waals surface area contributed by atoms with Crippen LogP contribution in [0.3, 0.4) is 0 Å². The molecule has 1 fully saturated rings. The lowest BCUT2D eigenvalue weighted by Gasteiger charge is -2.27. The minimum absolute atomic E-state index is 0.108. The third-order valence-corrected chi connectivity index (χ3v) is 4.04. The average Bonchev–Trinajstić information content (AvgIpc) is 2.48. The van der Waals surface area contributed by atoms with Crippen molar-refractivity contribution in [2.24, 2.45) is 5.92 Å². The molecule has 2 rings (SSSR count). The molecule has 3 heteroatoms. The second-order valence-electron chi connectivity index (χ2n) is 5.37. The predicted molar refractivity (Wildman–Crippen MR) is 75.5 cm³/mol. The molecule has 0 radical (unpaired) electrons. The van der Waals surface area contributed by atoms with E-state index in [2.05, 4.69) is 6.08 Å². The molecule has 0 aliphatic heterocycles. The van der Waals surface area contributed by atoms with Crippen LogP contribution in [0.25, 0.3) is 0 Å². The van der Waals surface area contributed by atoms with Gasteiger partial charge in [-0.15, -0.1) is 0 Å². The Morgan fingerprint density at radius 3 is 2.60 bits per heavy atom. The molecule has 0 unspecified atom stereocenters. The Bertz CT molecular complexity index is 508. The number of nitriles is 1. The van der Waals surface area contributed by atoms with E-state index in [1.54, 1.807) is 6.07 Å². The zero-order chi connectivity index (χ0) is 14.4. The molecule has 1 aliphatic rings. The summed E-state index contributed by atoms with van der Waals surface area (Å²) < 4.78 is 25.6. The van der Waals surface area contributed by atoms with Crippen LogP contribution in [0.4, 0.5) is 8.78 Å². The van der Waals surface area contributed by atoms with Crippen LogP contribution in [-0.4, -0.2) is 6.67 Å². The van der Waals surface area contributed by atoms with Gasteiger partial charge in [-0.1, -0.05) is 18.2 Å². The molecular weight excluding hydrogens is 256 g/mol. The van der Waals surface area contributed by atoms with Gasteiger partial charge in [-0.2, -0.15) is 5.26 Å². The quantitative estimate of drug-likeness (QED) is 0.718. The number of hydrogen-bond donors (Lipinski definition) is 0. The molecule has 0 N–H and O–H groups in total. The van der Waals surface area contributed by atoms with Crippen molar-refractivity contribution >= 4 is 0 Å². The van der Waals surface area contributed by atoms with E-state index in [1.807, 2.05) is 18.2 Å². The van der Waals surface area contributed by atoms with Crippen LogP contribution in [-0.2, 0) is 0 Å². The first-order valence-corrected chi connectivity index (χ1v) is 7.16. The normalized spacial score (nSPS) is 22.9. The van der Waals surface area contributed by atoms with Gasteiger partial charge in [0, 0.05) is 0 Å². The Balaban J connectivity index is 1.94. The highest BCUT2D eigenvalue weighted by Gasteiger charge is 2.21. The highest BCUT2D eigenvalue weighted by molar-refractivity contribution is 5.34. The molecule has 0 heterocycles. The lowest BCUT2D eigenvalue weighted by atomic mass is 9.78. The molecule has 1 nitrogen and oxygen atoms in total. The maximum absolute atomic E-state index is 13.6. The van der Waals surface area contributed by atoms with Gasteiger partial charge in [-0.05, 0) is 61.6 Å². The van der Waals surface area contributed by atoms with Gasteiger partial charge in [0.15, 0.2) is 0 Å². The number of halogens is 2. The molecule has 0 spiro atoms. The standard InChI is InChI=1S/C17H19F2N/c18-10-2-1-3-13-4-6-14(7-5-13)15-8-9-16(12-20)17(19)11-15/h1,3,8-9,11,13-14H,2,4-7,10H2/b3-1+/t13-,14-. The molecule has 20 heavy (non-hydrogen) atoms. The van der Waals surface area contributed by atoms with Crippen LogP contribution in [0, 0.1) is 23.1 Å². The maximum atomic E-state index is 13.6. The van der Waals surface area contributed by atoms with E-state index in [1.165, 1.54) is 6.07 Å². The second-order valence-corrected chi connectivity index (χ2v) is 5.37. The summed E-state index contributed by atoms with van der Waals surface area (Å²) in [5.41, 5.74) is 1.10. The molecule has 0 aromatic heterocycles. The zero-order valence-electron chi connectivity index (χ0n) is 11.5. The lowest BCUT2D eigenvalue weighted by molar-refractivity contribution is 0.374. The van der Waals surface area contributed by atoms with Crippen LogP contribution < -0.4 is 0 Å². The van der Waals surface area contributed by atoms with Crippen molar-refractivity contribution in [2.45, 2.75) is 38.0 Å². The van der Waals surface area contributed by atoms with E-state index < -0.39 is 5.82 Å². The van der Waals surface area contributed by atoms with Gasteiger partial charge < -0.3 is 0 Å². The topological polar surface area (TPSA) is 23.8 Å². The summed E-state index contributed by atoms with van der Waals surface area (Å²) in [6, 6.07) is 6.78. The second kappa shape index (κ2) is 7.19. The fraction of sp³-hybridized carbons (Fsp3) is 0.471. The van der Waals surface area contributed by atoms with E-state index in [9.17, 15) is 8.78 Å². The number of allylic oxidation sites excluding steroid dienone is 2. The molecule has 1 aliphatic carbocycles. The first-order chi connectivity index (χ1) is 9.74. The summed E-state index contributed by atoms with van der Waals surface area (Å²) in [6.45, 7) is -0.295. The Hall–Kier alpha value is -1.69. The van der Waals surface area contributed by atoms with Crippen molar-refractivity contribution in [3.63, 3.8) is 0 Å². The van der Waals surface area contributed by atoms with Crippen LogP contribution in [0.15, 0.2) is 30.4 Å².